The van der Waals surface area contributed by atoms with Gasteiger partial charge in [-0.25, -0.2) is 0 Å². The summed E-state index contributed by atoms with van der Waals surface area (Å²) in [5.74, 6) is 0.595. The summed E-state index contributed by atoms with van der Waals surface area (Å²) < 4.78 is 5.46. The molecule has 0 bridgehead atoms. The molecule has 6 heteroatoms. The number of aliphatic hydroxyl groups is 1. The van der Waals surface area contributed by atoms with E-state index in [9.17, 15) is 4.79 Å². The Labute approximate surface area is 133 Å². The van der Waals surface area contributed by atoms with E-state index in [2.05, 4.69) is 5.32 Å². The molecular formula is C15H17Cl2NO3. The van der Waals surface area contributed by atoms with Gasteiger partial charge < -0.3 is 15.2 Å². The zero-order chi connectivity index (χ0) is 15.2. The monoisotopic (exact) mass is 329 g/mol. The van der Waals surface area contributed by atoms with Gasteiger partial charge in [0.2, 0.25) is 5.91 Å². The Kier molecular flexibility index (Phi) is 5.91. The first-order valence-electron chi connectivity index (χ1n) is 6.74. The SMILES string of the molecule is O=C(CCOc1cc(Cl)cc(Cl)c1)N[C@@H]1C=C[C@H](CO)C1. The van der Waals surface area contributed by atoms with Crippen LogP contribution in [0.15, 0.2) is 30.4 Å². The molecule has 0 saturated carbocycles. The molecular weight excluding hydrogens is 313 g/mol. The fraction of sp³-hybridized carbons (Fsp3) is 0.400. The molecule has 1 aliphatic rings. The summed E-state index contributed by atoms with van der Waals surface area (Å²) in [6, 6.07) is 4.91. The second-order valence-electron chi connectivity index (χ2n) is 4.94. The molecule has 0 heterocycles. The van der Waals surface area contributed by atoms with Crippen molar-refractivity contribution in [2.45, 2.75) is 18.9 Å². The fourth-order valence-corrected chi connectivity index (χ4v) is 2.68. The molecule has 1 amide bonds. The molecule has 0 radical (unpaired) electrons. The van der Waals surface area contributed by atoms with Crippen LogP contribution in [0.3, 0.4) is 0 Å². The number of nitrogens with one attached hydrogen (secondary N) is 1. The van der Waals surface area contributed by atoms with Gasteiger partial charge in [-0.05, 0) is 24.6 Å². The number of benzene rings is 1. The van der Waals surface area contributed by atoms with Crippen LogP contribution in [0.2, 0.25) is 10.0 Å². The summed E-state index contributed by atoms with van der Waals surface area (Å²) in [6.07, 6.45) is 4.83. The van der Waals surface area contributed by atoms with Crippen molar-refractivity contribution in [3.8, 4) is 5.75 Å². The Balaban J connectivity index is 1.71. The number of aliphatic hydroxyl groups excluding tert-OH is 1. The highest BCUT2D eigenvalue weighted by molar-refractivity contribution is 6.34. The minimum absolute atomic E-state index is 0.00439. The van der Waals surface area contributed by atoms with Gasteiger partial charge in [0, 0.05) is 28.6 Å². The van der Waals surface area contributed by atoms with Crippen molar-refractivity contribution in [2.24, 2.45) is 5.92 Å². The van der Waals surface area contributed by atoms with Gasteiger partial charge in [-0.1, -0.05) is 35.4 Å². The maximum absolute atomic E-state index is 11.8. The number of ether oxygens (including phenoxy) is 1. The topological polar surface area (TPSA) is 58.6 Å². The van der Waals surface area contributed by atoms with Gasteiger partial charge in [0.1, 0.15) is 5.75 Å². The van der Waals surface area contributed by atoms with Gasteiger partial charge in [0.25, 0.3) is 0 Å². The zero-order valence-corrected chi connectivity index (χ0v) is 12.9. The smallest absolute Gasteiger partial charge is 0.223 e. The third kappa shape index (κ3) is 5.23. The lowest BCUT2D eigenvalue weighted by Gasteiger charge is -2.13. The van der Waals surface area contributed by atoms with Crippen molar-refractivity contribution < 1.29 is 14.6 Å². The molecule has 0 saturated heterocycles. The molecule has 21 heavy (non-hydrogen) atoms. The molecule has 1 aromatic rings. The van der Waals surface area contributed by atoms with Crippen molar-refractivity contribution in [2.75, 3.05) is 13.2 Å². The van der Waals surface area contributed by atoms with Crippen LogP contribution >= 0.6 is 23.2 Å². The fourth-order valence-electron chi connectivity index (χ4n) is 2.17. The van der Waals surface area contributed by atoms with Gasteiger partial charge in [-0.15, -0.1) is 0 Å². The Morgan fingerprint density at radius 3 is 2.62 bits per heavy atom. The van der Waals surface area contributed by atoms with Crippen molar-refractivity contribution in [1.29, 1.82) is 0 Å². The quantitative estimate of drug-likeness (QED) is 0.789. The van der Waals surface area contributed by atoms with Crippen LogP contribution in [0.1, 0.15) is 12.8 Å². The molecule has 0 aromatic heterocycles. The van der Waals surface area contributed by atoms with Crippen molar-refractivity contribution in [3.05, 3.63) is 40.4 Å². The molecule has 2 rings (SSSR count). The van der Waals surface area contributed by atoms with Crippen LogP contribution < -0.4 is 10.1 Å². The molecule has 2 atom stereocenters. The Morgan fingerprint density at radius 2 is 2.00 bits per heavy atom. The summed E-state index contributed by atoms with van der Waals surface area (Å²) in [5.41, 5.74) is 0. The van der Waals surface area contributed by atoms with E-state index in [4.69, 9.17) is 33.0 Å². The average Bonchev–Trinajstić information content (AvgIpc) is 2.85. The maximum atomic E-state index is 11.8. The van der Waals surface area contributed by atoms with E-state index in [1.165, 1.54) is 0 Å². The molecule has 4 nitrogen and oxygen atoms in total. The number of rotatable bonds is 6. The van der Waals surface area contributed by atoms with Crippen molar-refractivity contribution in [1.82, 2.24) is 5.32 Å². The minimum Gasteiger partial charge on any atom is -0.493 e. The summed E-state index contributed by atoms with van der Waals surface area (Å²) in [5, 5.41) is 12.9. The number of carbonyl (C=O) groups excluding carboxylic acids is 1. The molecule has 2 N–H and O–H groups in total. The number of hydrogen-bond donors (Lipinski definition) is 2. The minimum atomic E-state index is -0.0867. The van der Waals surface area contributed by atoms with E-state index < -0.39 is 0 Å². The van der Waals surface area contributed by atoms with Gasteiger partial charge in [-0.2, -0.15) is 0 Å². The first-order valence-corrected chi connectivity index (χ1v) is 7.50. The molecule has 0 fully saturated rings. The summed E-state index contributed by atoms with van der Waals surface area (Å²) in [4.78, 5) is 11.8. The normalized spacial score (nSPS) is 20.5. The Hall–Kier alpha value is -1.23. The summed E-state index contributed by atoms with van der Waals surface area (Å²) in [6.45, 7) is 0.365. The predicted molar refractivity (Wildman–Crippen MR) is 82.8 cm³/mol. The number of amides is 1. The highest BCUT2D eigenvalue weighted by Crippen LogP contribution is 2.24. The molecule has 0 aliphatic heterocycles. The Morgan fingerprint density at radius 1 is 1.29 bits per heavy atom. The lowest BCUT2D eigenvalue weighted by Crippen LogP contribution is -2.33. The molecule has 1 aromatic carbocycles. The summed E-state index contributed by atoms with van der Waals surface area (Å²) in [7, 11) is 0. The van der Waals surface area contributed by atoms with E-state index in [1.807, 2.05) is 12.2 Å². The van der Waals surface area contributed by atoms with Crippen molar-refractivity contribution in [3.63, 3.8) is 0 Å². The molecule has 1 aliphatic carbocycles. The Bertz CT molecular complexity index is 513. The number of halogens is 2. The van der Waals surface area contributed by atoms with E-state index in [0.717, 1.165) is 6.42 Å². The molecule has 0 spiro atoms. The maximum Gasteiger partial charge on any atom is 0.223 e. The second-order valence-corrected chi connectivity index (χ2v) is 5.81. The van der Waals surface area contributed by atoms with Crippen LogP contribution in [-0.4, -0.2) is 30.3 Å². The third-order valence-corrected chi connectivity index (χ3v) is 3.62. The number of carbonyl (C=O) groups is 1. The van der Waals surface area contributed by atoms with Gasteiger partial charge in [0.05, 0.1) is 13.0 Å². The first-order chi connectivity index (χ1) is 10.1. The van der Waals surface area contributed by atoms with Crippen LogP contribution in [0.5, 0.6) is 5.75 Å². The standard InChI is InChI=1S/C15H17Cl2NO3/c16-11-6-12(17)8-14(7-11)21-4-3-15(20)18-13-2-1-10(5-13)9-19/h1-2,6-8,10,13,19H,3-5,9H2,(H,18,20)/t10-,13+/m0/s1. The zero-order valence-electron chi connectivity index (χ0n) is 11.4. The number of hydrogen-bond acceptors (Lipinski definition) is 3. The highest BCUT2D eigenvalue weighted by atomic mass is 35.5. The van der Waals surface area contributed by atoms with E-state index in [0.29, 0.717) is 15.8 Å². The van der Waals surface area contributed by atoms with Crippen LogP contribution in [0, 0.1) is 5.92 Å². The van der Waals surface area contributed by atoms with E-state index >= 15 is 0 Å². The lowest BCUT2D eigenvalue weighted by atomic mass is 10.1. The van der Waals surface area contributed by atoms with E-state index in [-0.39, 0.29) is 37.5 Å². The van der Waals surface area contributed by atoms with Crippen LogP contribution in [-0.2, 0) is 4.79 Å². The van der Waals surface area contributed by atoms with E-state index in [1.54, 1.807) is 18.2 Å². The van der Waals surface area contributed by atoms with Crippen LogP contribution in [0.4, 0.5) is 0 Å². The highest BCUT2D eigenvalue weighted by Gasteiger charge is 2.19. The van der Waals surface area contributed by atoms with Gasteiger partial charge >= 0.3 is 0 Å². The average molecular weight is 330 g/mol. The first kappa shape index (κ1) is 16.1. The summed E-state index contributed by atoms with van der Waals surface area (Å²) >= 11 is 11.7. The van der Waals surface area contributed by atoms with Gasteiger partial charge in [-0.3, -0.25) is 4.79 Å². The van der Waals surface area contributed by atoms with Crippen LogP contribution in [0.25, 0.3) is 0 Å². The predicted octanol–water partition coefficient (Wildman–Crippen LogP) is 2.82. The largest absolute Gasteiger partial charge is 0.493 e. The lowest BCUT2D eigenvalue weighted by molar-refractivity contribution is -0.122. The third-order valence-electron chi connectivity index (χ3n) is 3.19. The molecule has 114 valence electrons. The van der Waals surface area contributed by atoms with Crippen molar-refractivity contribution >= 4 is 29.1 Å². The second kappa shape index (κ2) is 7.69. The molecule has 0 unspecified atom stereocenters. The van der Waals surface area contributed by atoms with Gasteiger partial charge in [0.15, 0.2) is 0 Å².